The van der Waals surface area contributed by atoms with Crippen molar-refractivity contribution in [1.82, 2.24) is 19.9 Å². The molecule has 0 fully saturated rings. The van der Waals surface area contributed by atoms with E-state index in [1.54, 1.807) is 11.3 Å². The maximum atomic E-state index is 4.46. The van der Waals surface area contributed by atoms with Crippen molar-refractivity contribution in [2.75, 3.05) is 6.54 Å². The zero-order chi connectivity index (χ0) is 13.0. The maximum absolute atomic E-state index is 4.46. The van der Waals surface area contributed by atoms with Crippen molar-refractivity contribution < 1.29 is 0 Å². The molecule has 2 aromatic heterocycles. The first kappa shape index (κ1) is 13.2. The van der Waals surface area contributed by atoms with E-state index in [2.05, 4.69) is 40.6 Å². The predicted octanol–water partition coefficient (Wildman–Crippen LogP) is 2.56. The molecule has 0 aliphatic carbocycles. The van der Waals surface area contributed by atoms with Crippen LogP contribution in [0.2, 0.25) is 0 Å². The van der Waals surface area contributed by atoms with Crippen LogP contribution in [0.25, 0.3) is 0 Å². The minimum Gasteiger partial charge on any atom is -0.335 e. The lowest BCUT2D eigenvalue weighted by atomic mass is 10.1. The van der Waals surface area contributed by atoms with Crippen LogP contribution in [0.4, 0.5) is 0 Å². The van der Waals surface area contributed by atoms with Crippen LogP contribution < -0.4 is 5.32 Å². The molecule has 18 heavy (non-hydrogen) atoms. The van der Waals surface area contributed by atoms with E-state index in [0.717, 1.165) is 31.0 Å². The highest BCUT2D eigenvalue weighted by atomic mass is 32.1. The van der Waals surface area contributed by atoms with Crippen molar-refractivity contribution in [1.29, 1.82) is 0 Å². The van der Waals surface area contributed by atoms with E-state index in [9.17, 15) is 0 Å². The highest BCUT2D eigenvalue weighted by Gasteiger charge is 2.17. The first-order valence-electron chi connectivity index (χ1n) is 6.39. The summed E-state index contributed by atoms with van der Waals surface area (Å²) in [5.74, 6) is 1.14. The van der Waals surface area contributed by atoms with Crippen LogP contribution in [0.3, 0.4) is 0 Å². The Bertz CT molecular complexity index is 489. The van der Waals surface area contributed by atoms with Crippen molar-refractivity contribution >= 4 is 11.3 Å². The average Bonchev–Trinajstić information content (AvgIpc) is 2.97. The Morgan fingerprint density at radius 2 is 2.22 bits per heavy atom. The van der Waals surface area contributed by atoms with Gasteiger partial charge in [-0.2, -0.15) is 0 Å². The molecule has 0 saturated heterocycles. The van der Waals surface area contributed by atoms with Crippen LogP contribution in [-0.4, -0.2) is 21.1 Å². The Morgan fingerprint density at radius 1 is 1.39 bits per heavy atom. The van der Waals surface area contributed by atoms with Gasteiger partial charge in [-0.15, -0.1) is 11.3 Å². The summed E-state index contributed by atoms with van der Waals surface area (Å²) in [5, 5.41) is 3.53. The first-order valence-corrected chi connectivity index (χ1v) is 7.27. The number of aromatic nitrogens is 3. The summed E-state index contributed by atoms with van der Waals surface area (Å²) < 4.78 is 2.20. The molecule has 0 aliphatic heterocycles. The van der Waals surface area contributed by atoms with E-state index < -0.39 is 0 Å². The Morgan fingerprint density at radius 3 is 2.83 bits per heavy atom. The van der Waals surface area contributed by atoms with Crippen LogP contribution in [0, 0.1) is 6.92 Å². The molecule has 0 spiro atoms. The number of aryl methyl sites for hydroxylation is 2. The Balaban J connectivity index is 2.19. The molecule has 2 aromatic rings. The van der Waals surface area contributed by atoms with Gasteiger partial charge in [-0.1, -0.05) is 6.92 Å². The van der Waals surface area contributed by atoms with E-state index >= 15 is 0 Å². The van der Waals surface area contributed by atoms with Gasteiger partial charge in [-0.05, 0) is 20.4 Å². The molecule has 1 atom stereocenters. The van der Waals surface area contributed by atoms with Crippen LogP contribution in [-0.2, 0) is 13.0 Å². The molecule has 5 heteroatoms. The highest BCUT2D eigenvalue weighted by Crippen LogP contribution is 2.24. The summed E-state index contributed by atoms with van der Waals surface area (Å²) in [5.41, 5.74) is 3.04. The van der Waals surface area contributed by atoms with Gasteiger partial charge in [0.05, 0.1) is 17.2 Å². The van der Waals surface area contributed by atoms with Gasteiger partial charge < -0.3 is 9.88 Å². The topological polar surface area (TPSA) is 42.7 Å². The van der Waals surface area contributed by atoms with Gasteiger partial charge in [0, 0.05) is 30.2 Å². The number of thiazole rings is 1. The molecule has 0 radical (unpaired) electrons. The highest BCUT2D eigenvalue weighted by molar-refractivity contribution is 7.09. The number of likely N-dealkylation sites (N-methyl/N-ethyl adjacent to an activating group) is 1. The average molecular weight is 264 g/mol. The molecule has 0 bridgehead atoms. The SMILES string of the molecule is CCNC(Cc1nccn1CC)c1scnc1C. The van der Waals surface area contributed by atoms with E-state index in [0.29, 0.717) is 6.04 Å². The Kier molecular flexibility index (Phi) is 4.49. The molecule has 2 heterocycles. The molecule has 1 N–H and O–H groups in total. The number of nitrogens with one attached hydrogen (secondary N) is 1. The lowest BCUT2D eigenvalue weighted by Gasteiger charge is -2.17. The number of rotatable bonds is 6. The predicted molar refractivity (Wildman–Crippen MR) is 74.9 cm³/mol. The third-order valence-corrected chi connectivity index (χ3v) is 4.12. The summed E-state index contributed by atoms with van der Waals surface area (Å²) in [7, 11) is 0. The van der Waals surface area contributed by atoms with Gasteiger partial charge >= 0.3 is 0 Å². The van der Waals surface area contributed by atoms with Crippen LogP contribution in [0.15, 0.2) is 17.9 Å². The second-order valence-corrected chi connectivity index (χ2v) is 5.13. The lowest BCUT2D eigenvalue weighted by Crippen LogP contribution is -2.24. The summed E-state index contributed by atoms with van der Waals surface area (Å²) in [6.45, 7) is 8.27. The lowest BCUT2D eigenvalue weighted by molar-refractivity contribution is 0.526. The Labute approximate surface area is 112 Å². The van der Waals surface area contributed by atoms with E-state index in [1.807, 2.05) is 17.9 Å². The zero-order valence-corrected chi connectivity index (χ0v) is 12.0. The normalized spacial score (nSPS) is 12.8. The molecule has 4 nitrogen and oxygen atoms in total. The number of imidazole rings is 1. The molecule has 0 saturated carbocycles. The van der Waals surface area contributed by atoms with Gasteiger partial charge in [0.25, 0.3) is 0 Å². The minimum atomic E-state index is 0.315. The summed E-state index contributed by atoms with van der Waals surface area (Å²) in [6, 6.07) is 0.315. The van der Waals surface area contributed by atoms with Crippen molar-refractivity contribution in [2.24, 2.45) is 0 Å². The van der Waals surface area contributed by atoms with Gasteiger partial charge in [-0.3, -0.25) is 0 Å². The third-order valence-electron chi connectivity index (χ3n) is 3.08. The zero-order valence-electron chi connectivity index (χ0n) is 11.2. The Hall–Kier alpha value is -1.20. The molecular weight excluding hydrogens is 244 g/mol. The molecular formula is C13H20N4S. The molecule has 2 rings (SSSR count). The van der Waals surface area contributed by atoms with Gasteiger partial charge in [0.1, 0.15) is 5.82 Å². The largest absolute Gasteiger partial charge is 0.335 e. The van der Waals surface area contributed by atoms with E-state index in [1.165, 1.54) is 4.88 Å². The van der Waals surface area contributed by atoms with Crippen LogP contribution in [0.1, 0.15) is 36.3 Å². The fourth-order valence-corrected chi connectivity index (χ4v) is 3.03. The smallest absolute Gasteiger partial charge is 0.110 e. The summed E-state index contributed by atoms with van der Waals surface area (Å²) in [6.07, 6.45) is 4.83. The molecule has 0 aromatic carbocycles. The van der Waals surface area contributed by atoms with Crippen molar-refractivity contribution in [2.45, 2.75) is 39.8 Å². The van der Waals surface area contributed by atoms with Crippen LogP contribution in [0.5, 0.6) is 0 Å². The van der Waals surface area contributed by atoms with Crippen molar-refractivity contribution in [3.8, 4) is 0 Å². The second kappa shape index (κ2) is 6.11. The molecule has 0 amide bonds. The summed E-state index contributed by atoms with van der Waals surface area (Å²) in [4.78, 5) is 10.1. The summed E-state index contributed by atoms with van der Waals surface area (Å²) >= 11 is 1.72. The quantitative estimate of drug-likeness (QED) is 0.872. The molecule has 1 unspecified atom stereocenters. The standard InChI is InChI=1S/C13H20N4S/c1-4-14-11(13-10(3)16-9-18-13)8-12-15-6-7-17(12)5-2/h6-7,9,11,14H,4-5,8H2,1-3H3. The first-order chi connectivity index (χ1) is 8.76. The monoisotopic (exact) mass is 264 g/mol. The van der Waals surface area contributed by atoms with Gasteiger partial charge in [0.15, 0.2) is 0 Å². The van der Waals surface area contributed by atoms with Gasteiger partial charge in [-0.25, -0.2) is 9.97 Å². The number of hydrogen-bond acceptors (Lipinski definition) is 4. The van der Waals surface area contributed by atoms with Crippen molar-refractivity contribution in [3.05, 3.63) is 34.3 Å². The maximum Gasteiger partial charge on any atom is 0.110 e. The second-order valence-electron chi connectivity index (χ2n) is 4.25. The molecule has 0 aliphatic rings. The third kappa shape index (κ3) is 2.79. The van der Waals surface area contributed by atoms with E-state index in [4.69, 9.17) is 0 Å². The number of nitrogens with zero attached hydrogens (tertiary/aromatic N) is 3. The minimum absolute atomic E-state index is 0.315. The number of hydrogen-bond donors (Lipinski definition) is 1. The van der Waals surface area contributed by atoms with Gasteiger partial charge in [0.2, 0.25) is 0 Å². The fourth-order valence-electron chi connectivity index (χ4n) is 2.15. The molecule has 98 valence electrons. The fraction of sp³-hybridized carbons (Fsp3) is 0.538. The van der Waals surface area contributed by atoms with Crippen LogP contribution >= 0.6 is 11.3 Å². The van der Waals surface area contributed by atoms with Crippen molar-refractivity contribution in [3.63, 3.8) is 0 Å². The van der Waals surface area contributed by atoms with E-state index in [-0.39, 0.29) is 0 Å².